The van der Waals surface area contributed by atoms with Gasteiger partial charge < -0.3 is 18.7 Å². The third-order valence-corrected chi connectivity index (χ3v) is 11.4. The SMILES string of the molecule is CCOP(=O)(CO)C(CCCc1ccc(-c2ccccc2)cc1)P(=O)(OCC)OCC. The molecule has 2 aromatic rings. The minimum absolute atomic E-state index is 0.146. The predicted molar refractivity (Wildman–Crippen MR) is 126 cm³/mol. The second-order valence-corrected chi connectivity index (χ2v) is 12.3. The van der Waals surface area contributed by atoms with Crippen LogP contribution in [-0.4, -0.2) is 36.7 Å². The fourth-order valence-corrected chi connectivity index (χ4v) is 9.20. The van der Waals surface area contributed by atoms with Crippen LogP contribution in [0.25, 0.3) is 11.1 Å². The normalized spacial score (nSPS) is 14.8. The van der Waals surface area contributed by atoms with E-state index in [4.69, 9.17) is 13.6 Å². The van der Waals surface area contributed by atoms with Gasteiger partial charge in [-0.15, -0.1) is 0 Å². The number of aryl methyl sites for hydroxylation is 1. The molecule has 0 amide bonds. The van der Waals surface area contributed by atoms with Gasteiger partial charge in [-0.2, -0.15) is 0 Å². The number of hydrogen-bond donors (Lipinski definition) is 1. The molecule has 0 aromatic heterocycles. The Labute approximate surface area is 185 Å². The first-order valence-corrected chi connectivity index (χ1v) is 14.3. The topological polar surface area (TPSA) is 82.1 Å². The van der Waals surface area contributed by atoms with E-state index in [2.05, 4.69) is 36.4 Å². The lowest BCUT2D eigenvalue weighted by Crippen LogP contribution is -2.18. The molecule has 0 aliphatic carbocycles. The summed E-state index contributed by atoms with van der Waals surface area (Å²) in [7, 11) is -7.33. The molecule has 1 N–H and O–H groups in total. The van der Waals surface area contributed by atoms with Crippen LogP contribution in [0.15, 0.2) is 54.6 Å². The number of aliphatic hydroxyl groups is 1. The largest absolute Gasteiger partial charge is 0.386 e. The molecule has 0 bridgehead atoms. The van der Waals surface area contributed by atoms with Crippen molar-refractivity contribution in [2.45, 2.75) is 45.4 Å². The molecule has 2 atom stereocenters. The van der Waals surface area contributed by atoms with Crippen LogP contribution in [0.4, 0.5) is 0 Å². The van der Waals surface area contributed by atoms with Crippen molar-refractivity contribution < 1.29 is 27.8 Å². The predicted octanol–water partition coefficient (Wildman–Crippen LogP) is 6.53. The standard InChI is InChI=1S/C23H34O6P2/c1-4-27-30(25,19-24)23(31(26,28-5-2)29-6-3)14-10-11-20-15-17-22(18-16-20)21-12-8-7-9-13-21/h7-9,12-13,15-18,23-24H,4-6,10-11,14,19H2,1-3H3. The molecule has 31 heavy (non-hydrogen) atoms. The van der Waals surface area contributed by atoms with Gasteiger partial charge in [-0.3, -0.25) is 9.13 Å². The second kappa shape index (κ2) is 12.7. The molecule has 0 aliphatic heterocycles. The maximum absolute atomic E-state index is 13.4. The Morgan fingerprint density at radius 1 is 0.806 bits per heavy atom. The van der Waals surface area contributed by atoms with Crippen LogP contribution >= 0.6 is 15.0 Å². The van der Waals surface area contributed by atoms with Crippen LogP contribution in [-0.2, 0) is 29.1 Å². The van der Waals surface area contributed by atoms with E-state index in [1.54, 1.807) is 20.8 Å². The maximum atomic E-state index is 13.4. The van der Waals surface area contributed by atoms with Gasteiger partial charge in [0, 0.05) is 0 Å². The number of hydrogen-bond acceptors (Lipinski definition) is 6. The highest BCUT2D eigenvalue weighted by Crippen LogP contribution is 2.70. The first kappa shape index (κ1) is 26.0. The molecule has 2 rings (SSSR count). The van der Waals surface area contributed by atoms with Crippen molar-refractivity contribution >= 4 is 15.0 Å². The summed E-state index contributed by atoms with van der Waals surface area (Å²) in [5.74, 6) is 0. The van der Waals surface area contributed by atoms with Gasteiger partial charge in [-0.1, -0.05) is 54.6 Å². The second-order valence-electron chi connectivity index (χ2n) is 7.10. The highest BCUT2D eigenvalue weighted by Gasteiger charge is 2.48. The monoisotopic (exact) mass is 468 g/mol. The average Bonchev–Trinajstić information content (AvgIpc) is 2.78. The quantitative estimate of drug-likeness (QED) is 0.317. The van der Waals surface area contributed by atoms with E-state index in [9.17, 15) is 14.2 Å². The zero-order valence-electron chi connectivity index (χ0n) is 18.6. The molecule has 0 aliphatic rings. The molecule has 0 spiro atoms. The van der Waals surface area contributed by atoms with Gasteiger partial charge in [-0.05, 0) is 56.7 Å². The van der Waals surface area contributed by atoms with Gasteiger partial charge in [0.05, 0.1) is 19.8 Å². The number of aliphatic hydroxyl groups excluding tert-OH is 1. The van der Waals surface area contributed by atoms with Gasteiger partial charge >= 0.3 is 7.60 Å². The summed E-state index contributed by atoms with van der Waals surface area (Å²) in [6.45, 7) is 5.58. The highest BCUT2D eigenvalue weighted by molar-refractivity contribution is 7.75. The first-order valence-electron chi connectivity index (χ1n) is 10.8. The minimum Gasteiger partial charge on any atom is -0.386 e. The third-order valence-electron chi connectivity index (χ3n) is 4.97. The van der Waals surface area contributed by atoms with Gasteiger partial charge in [0.2, 0.25) is 7.37 Å². The fraction of sp³-hybridized carbons (Fsp3) is 0.478. The molecular formula is C23H34O6P2. The molecule has 6 nitrogen and oxygen atoms in total. The summed E-state index contributed by atoms with van der Waals surface area (Å²) in [6, 6.07) is 18.4. The molecule has 0 fully saturated rings. The Morgan fingerprint density at radius 2 is 1.35 bits per heavy atom. The fourth-order valence-electron chi connectivity index (χ4n) is 3.56. The zero-order valence-corrected chi connectivity index (χ0v) is 20.4. The van der Waals surface area contributed by atoms with Gasteiger partial charge in [-0.25, -0.2) is 0 Å². The number of benzene rings is 2. The van der Waals surface area contributed by atoms with E-state index in [-0.39, 0.29) is 19.8 Å². The van der Waals surface area contributed by atoms with Crippen LogP contribution in [0.5, 0.6) is 0 Å². The molecule has 8 heteroatoms. The van der Waals surface area contributed by atoms with E-state index in [0.29, 0.717) is 19.3 Å². The Kier molecular flexibility index (Phi) is 10.6. The van der Waals surface area contributed by atoms with Crippen molar-refractivity contribution in [1.82, 2.24) is 0 Å². The first-order chi connectivity index (χ1) is 14.9. The van der Waals surface area contributed by atoms with Crippen molar-refractivity contribution in [1.29, 1.82) is 0 Å². The molecular weight excluding hydrogens is 434 g/mol. The molecule has 0 saturated carbocycles. The van der Waals surface area contributed by atoms with E-state index >= 15 is 0 Å². The van der Waals surface area contributed by atoms with Gasteiger partial charge in [0.15, 0.2) is 0 Å². The van der Waals surface area contributed by atoms with Crippen molar-refractivity contribution in [2.75, 3.05) is 26.2 Å². The van der Waals surface area contributed by atoms with E-state index in [1.807, 2.05) is 18.2 Å². The summed E-state index contributed by atoms with van der Waals surface area (Å²) >= 11 is 0. The molecule has 2 unspecified atom stereocenters. The maximum Gasteiger partial charge on any atom is 0.343 e. The van der Waals surface area contributed by atoms with Crippen LogP contribution in [0.3, 0.4) is 0 Å². The van der Waals surface area contributed by atoms with Gasteiger partial charge in [0.1, 0.15) is 11.7 Å². The zero-order chi connectivity index (χ0) is 22.7. The Balaban J connectivity index is 2.14. The van der Waals surface area contributed by atoms with Crippen LogP contribution in [0.1, 0.15) is 39.2 Å². The Bertz CT molecular complexity index is 859. The van der Waals surface area contributed by atoms with Crippen molar-refractivity contribution in [3.8, 4) is 11.1 Å². The summed E-state index contributed by atoms with van der Waals surface area (Å²) in [5.41, 5.74) is 3.42. The molecule has 0 radical (unpaired) electrons. The molecule has 2 aromatic carbocycles. The van der Waals surface area contributed by atoms with Crippen LogP contribution < -0.4 is 0 Å². The van der Waals surface area contributed by atoms with Gasteiger partial charge in [0.25, 0.3) is 0 Å². The summed E-state index contributed by atoms with van der Waals surface area (Å²) in [5, 5.41) is 8.83. The van der Waals surface area contributed by atoms with E-state index in [0.717, 1.165) is 16.7 Å². The molecule has 0 heterocycles. The Morgan fingerprint density at radius 3 is 1.87 bits per heavy atom. The Hall–Kier alpha value is -1.26. The van der Waals surface area contributed by atoms with E-state index in [1.165, 1.54) is 0 Å². The lowest BCUT2D eigenvalue weighted by molar-refractivity contribution is 0.211. The smallest absolute Gasteiger partial charge is 0.343 e. The lowest BCUT2D eigenvalue weighted by Gasteiger charge is -2.31. The van der Waals surface area contributed by atoms with E-state index < -0.39 is 26.7 Å². The van der Waals surface area contributed by atoms with Crippen molar-refractivity contribution in [3.05, 3.63) is 60.2 Å². The van der Waals surface area contributed by atoms with Crippen molar-refractivity contribution in [3.63, 3.8) is 0 Å². The number of rotatable bonds is 14. The highest BCUT2D eigenvalue weighted by atomic mass is 31.2. The van der Waals surface area contributed by atoms with Crippen LogP contribution in [0.2, 0.25) is 0 Å². The minimum atomic E-state index is -3.71. The molecule has 172 valence electrons. The van der Waals surface area contributed by atoms with Crippen molar-refractivity contribution in [2.24, 2.45) is 0 Å². The summed E-state index contributed by atoms with van der Waals surface area (Å²) < 4.78 is 43.1. The summed E-state index contributed by atoms with van der Waals surface area (Å²) in [6.07, 6.45) is 0.925. The van der Waals surface area contributed by atoms with Crippen LogP contribution in [0, 0.1) is 0 Å². The summed E-state index contributed by atoms with van der Waals surface area (Å²) in [4.78, 5) is 0. The average molecular weight is 468 g/mol. The lowest BCUT2D eigenvalue weighted by atomic mass is 10.0. The third kappa shape index (κ3) is 7.12. The molecule has 0 saturated heterocycles.